The van der Waals surface area contributed by atoms with Crippen molar-refractivity contribution in [3.8, 4) is 34.5 Å². The molecule has 0 saturated heterocycles. The van der Waals surface area contributed by atoms with Gasteiger partial charge in [-0.3, -0.25) is 9.59 Å². The van der Waals surface area contributed by atoms with Gasteiger partial charge in [-0.15, -0.1) is 0 Å². The first kappa shape index (κ1) is 106. The van der Waals surface area contributed by atoms with E-state index in [2.05, 4.69) is 208 Å². The Morgan fingerprint density at radius 1 is 0.208 bits per heavy atom. The fraction of sp³-hybridized carbons (Fsp3) is 0.712. The Bertz CT molecular complexity index is 5520. The molecule has 0 radical (unpaired) electrons. The Kier molecular flexibility index (Phi) is 25.3. The molecule has 12 fully saturated rings. The SMILES string of the molecule is Cc1cc(O)cc2c1[C@@]1(C)CC[C@@H]3C(C)(C)C(=O)CC[C@@]3(C)[C@@H]1C2.Cc1cc(O)cc2c1[C@@]1(C)CC[C@@H]3C(C)(C)[C@@H](N)CC[C@@]3(C)[C@@H]1C2.Cc1cc(O)cc2c1[C@@]1(C)CC[C@@H]3C(C)(C)[C@H](N)CC[C@@]3(C)[C@@H]1C2.Cc1cc(O)cc2c1[C@]1(C)CC[C@H]3C(C)(C)C(=O)CC[C@]3(C)[C@H]1C2.Cc1cc(O)cc2c1[C@]1(C)CC[C@H]3C(C)(C)[C@@H](N)CC[C@]3(C)[C@H]1C2.Cc1cc(O)cc2c1[C@]1(C)CC[C@H]3C(C)(C)[C@H](N)CC[C@]3(C)[C@H]1C2. The third-order valence-electron chi connectivity index (χ3n) is 50.6. The lowest BCUT2D eigenvalue weighted by Crippen LogP contribution is -2.60. The number of rotatable bonds is 0. The normalized spacial score (nSPS) is 42.0. The van der Waals surface area contributed by atoms with Crippen LogP contribution in [0.15, 0.2) is 72.8 Å². The van der Waals surface area contributed by atoms with Crippen molar-refractivity contribution >= 4 is 11.6 Å². The zero-order valence-corrected chi connectivity index (χ0v) is 95.2. The molecule has 18 aliphatic rings. The van der Waals surface area contributed by atoms with E-state index in [-0.39, 0.29) is 75.8 Å². The van der Waals surface area contributed by atoms with Crippen LogP contribution in [0.1, 0.15) is 420 Å². The van der Waals surface area contributed by atoms with Crippen LogP contribution in [0.4, 0.5) is 0 Å². The summed E-state index contributed by atoms with van der Waals surface area (Å²) in [4.78, 5) is 25.1. The average molecular weight is 1960 g/mol. The van der Waals surface area contributed by atoms with Gasteiger partial charge in [-0.1, -0.05) is 166 Å². The van der Waals surface area contributed by atoms with Crippen molar-refractivity contribution in [3.63, 3.8) is 0 Å². The van der Waals surface area contributed by atoms with Gasteiger partial charge >= 0.3 is 0 Å². The first-order valence-corrected chi connectivity index (χ1v) is 57.7. The van der Waals surface area contributed by atoms with Crippen molar-refractivity contribution < 1.29 is 40.2 Å². The Morgan fingerprint density at radius 2 is 0.361 bits per heavy atom. The predicted octanol–water partition coefficient (Wildman–Crippen LogP) is 28.6. The monoisotopic (exact) mass is 1960 g/mol. The number of fused-ring (bicyclic) bond motifs is 30. The van der Waals surface area contributed by atoms with E-state index in [1.54, 1.807) is 0 Å². The Balaban J connectivity index is 0.000000109. The lowest BCUT2D eigenvalue weighted by atomic mass is 9.42. The lowest BCUT2D eigenvalue weighted by Gasteiger charge is -2.62. The summed E-state index contributed by atoms with van der Waals surface area (Å²) in [6.45, 7) is 71.0. The van der Waals surface area contributed by atoms with E-state index in [1.165, 1.54) is 177 Å². The summed E-state index contributed by atoms with van der Waals surface area (Å²) in [7, 11) is 0. The number of aryl methyl sites for hydroxylation is 6. The van der Waals surface area contributed by atoms with Gasteiger partial charge in [0, 0.05) is 47.8 Å². The molecule has 12 nitrogen and oxygen atoms in total. The minimum Gasteiger partial charge on any atom is -0.508 e. The van der Waals surface area contributed by atoms with Gasteiger partial charge in [0.25, 0.3) is 0 Å². The molecule has 6 aromatic carbocycles. The van der Waals surface area contributed by atoms with Gasteiger partial charge in [0.2, 0.25) is 0 Å². The number of phenols is 6. The summed E-state index contributed by atoms with van der Waals surface area (Å²) >= 11 is 0. The molecule has 0 aliphatic heterocycles. The topological polar surface area (TPSA) is 260 Å². The minimum absolute atomic E-state index is 0.189. The Morgan fingerprint density at radius 3 is 0.528 bits per heavy atom. The minimum atomic E-state index is -0.194. The van der Waals surface area contributed by atoms with E-state index >= 15 is 0 Å². The molecule has 28 atom stereocenters. The van der Waals surface area contributed by atoms with Crippen molar-refractivity contribution in [2.45, 2.75) is 457 Å². The average Bonchev–Trinajstić information content (AvgIpc) is 1.57. The van der Waals surface area contributed by atoms with E-state index < -0.39 is 0 Å². The van der Waals surface area contributed by atoms with E-state index in [0.29, 0.717) is 163 Å². The third-order valence-corrected chi connectivity index (χ3v) is 50.6. The standard InChI is InChI=1S/4C22H33NO.2C22H30O2/c4*1-13-10-15(24)11-14-12-17-21(4)9-7-18(23)20(2,3)16(21)6-8-22(17,5)19(13)14;2*1-13-10-15(23)11-14-12-17-21(4)9-7-18(24)20(2,3)16(21)6-8-22(17,5)19(13)14/h4*10-11,16-18,24H,6-9,12,23H2,1-5H3;2*10-11,16-17,23H,6-9,12H2,1-5H3/t2*16-,17+,18+,21-,22+;2*16-,17+,18-,21-,22+;2*16-,17+,21-,22+/m101010/s1. The molecule has 144 heavy (non-hydrogen) atoms. The van der Waals surface area contributed by atoms with E-state index in [4.69, 9.17) is 22.9 Å². The van der Waals surface area contributed by atoms with Crippen LogP contribution in [0.25, 0.3) is 0 Å². The van der Waals surface area contributed by atoms with Crippen molar-refractivity contribution in [3.05, 3.63) is 173 Å². The zero-order chi connectivity index (χ0) is 105. The number of hydrogen-bond acceptors (Lipinski definition) is 12. The lowest BCUT2D eigenvalue weighted by molar-refractivity contribution is -0.152. The highest BCUT2D eigenvalue weighted by Crippen LogP contribution is 2.76. The van der Waals surface area contributed by atoms with Crippen LogP contribution in [0.5, 0.6) is 34.5 Å². The molecule has 14 N–H and O–H groups in total. The summed E-state index contributed by atoms with van der Waals surface area (Å²) in [5.74, 6) is 11.0. The maximum atomic E-state index is 12.6. The highest BCUT2D eigenvalue weighted by molar-refractivity contribution is 5.86. The molecule has 12 heteroatoms. The summed E-state index contributed by atoms with van der Waals surface area (Å²) in [6, 6.07) is 25.1. The van der Waals surface area contributed by atoms with Gasteiger partial charge in [-0.2, -0.15) is 0 Å². The highest BCUT2D eigenvalue weighted by Gasteiger charge is 2.71. The highest BCUT2D eigenvalue weighted by atomic mass is 16.3. The van der Waals surface area contributed by atoms with Crippen LogP contribution < -0.4 is 22.9 Å². The van der Waals surface area contributed by atoms with Crippen molar-refractivity contribution in [1.29, 1.82) is 0 Å². The smallest absolute Gasteiger partial charge is 0.138 e. The molecule has 18 aliphatic carbocycles. The second-order valence-corrected chi connectivity index (χ2v) is 59.6. The number of benzene rings is 6. The number of nitrogens with two attached hydrogens (primary N) is 4. The molecular weight excluding hydrogens is 1770 g/mol. The number of ketones is 2. The zero-order valence-electron chi connectivity index (χ0n) is 95.2. The molecule has 0 bridgehead atoms. The van der Waals surface area contributed by atoms with Gasteiger partial charge in [0.05, 0.1) is 0 Å². The summed E-state index contributed by atoms with van der Waals surface area (Å²) in [5.41, 5.74) is 55.0. The van der Waals surface area contributed by atoms with E-state index in [9.17, 15) is 40.2 Å². The Labute approximate surface area is 869 Å². The summed E-state index contributed by atoms with van der Waals surface area (Å²) in [6.07, 6.45) is 34.5. The Hall–Kier alpha value is -6.70. The molecule has 0 heterocycles. The van der Waals surface area contributed by atoms with Crippen LogP contribution in [-0.4, -0.2) is 66.4 Å². The van der Waals surface area contributed by atoms with Crippen molar-refractivity contribution in [2.75, 3.05) is 0 Å². The first-order valence-electron chi connectivity index (χ1n) is 57.7. The molecule has 6 aromatic rings. The summed E-state index contributed by atoms with van der Waals surface area (Å²) in [5, 5.41) is 60.5. The van der Waals surface area contributed by atoms with Crippen molar-refractivity contribution in [1.82, 2.24) is 0 Å². The molecule has 0 aromatic heterocycles. The largest absolute Gasteiger partial charge is 0.508 e. The van der Waals surface area contributed by atoms with Crippen molar-refractivity contribution in [2.24, 2.45) is 159 Å². The van der Waals surface area contributed by atoms with Gasteiger partial charge in [-0.05, 0) is 552 Å². The molecule has 12 saturated carbocycles. The molecule has 0 spiro atoms. The number of hydrogen-bond donors (Lipinski definition) is 10. The second kappa shape index (κ2) is 34.4. The van der Waals surface area contributed by atoms with Crippen LogP contribution in [-0.2, 0) is 80.6 Å². The molecule has 0 unspecified atom stereocenters. The van der Waals surface area contributed by atoms with Crippen LogP contribution in [0.2, 0.25) is 0 Å². The molecular formula is C132H192N4O8. The number of Topliss-reactive ketones (excluding diaryl/α,β-unsaturated/α-hetero) is 2. The molecule has 24 rings (SSSR count). The van der Waals surface area contributed by atoms with E-state index in [0.717, 1.165) is 116 Å². The molecule has 788 valence electrons. The van der Waals surface area contributed by atoms with Crippen LogP contribution in [0.3, 0.4) is 0 Å². The maximum absolute atomic E-state index is 12.6. The van der Waals surface area contributed by atoms with Gasteiger partial charge in [0.15, 0.2) is 0 Å². The number of aromatic hydroxyl groups is 6. The maximum Gasteiger partial charge on any atom is 0.138 e. The predicted molar refractivity (Wildman–Crippen MR) is 589 cm³/mol. The third kappa shape index (κ3) is 15.2. The number of phenolic OH excluding ortho intramolecular Hbond substituents is 6. The quantitative estimate of drug-likeness (QED) is 0.0681. The van der Waals surface area contributed by atoms with E-state index in [1.807, 2.05) is 72.8 Å². The number of carbonyl (C=O) groups excluding carboxylic acids is 2. The molecule has 0 amide bonds. The second-order valence-electron chi connectivity index (χ2n) is 59.6. The van der Waals surface area contributed by atoms with Crippen LogP contribution >= 0.6 is 0 Å². The fourth-order valence-corrected chi connectivity index (χ4v) is 43.8. The summed E-state index contributed by atoms with van der Waals surface area (Å²) < 4.78 is 0. The fourth-order valence-electron chi connectivity index (χ4n) is 43.8. The van der Waals surface area contributed by atoms with Gasteiger partial charge < -0.3 is 53.6 Å². The van der Waals surface area contributed by atoms with Gasteiger partial charge in [0.1, 0.15) is 46.1 Å². The van der Waals surface area contributed by atoms with Crippen LogP contribution in [0, 0.1) is 178 Å². The number of carbonyl (C=O) groups is 2. The first-order chi connectivity index (χ1) is 66.6. The van der Waals surface area contributed by atoms with Gasteiger partial charge in [-0.25, -0.2) is 0 Å².